The van der Waals surface area contributed by atoms with Crippen LogP contribution in [0.4, 0.5) is 9.18 Å². The lowest BCUT2D eigenvalue weighted by Crippen LogP contribution is -2.47. The van der Waals surface area contributed by atoms with Crippen molar-refractivity contribution in [1.82, 2.24) is 10.2 Å². The number of nitrogens with zero attached hydrogens (tertiary/aromatic N) is 1. The Bertz CT molecular complexity index is 612. The molecule has 124 valence electrons. The molecule has 1 fully saturated rings. The fraction of sp³-hybridized carbons (Fsp3) is 0.529. The number of hydrogen-bond donors (Lipinski definition) is 2. The molecule has 23 heavy (non-hydrogen) atoms. The van der Waals surface area contributed by atoms with E-state index in [1.807, 2.05) is 0 Å². The number of benzene rings is 1. The largest absolute Gasteiger partial charge is 0.481 e. The average molecular weight is 320 g/mol. The van der Waals surface area contributed by atoms with Gasteiger partial charge in [-0.1, -0.05) is 6.07 Å². The predicted molar refractivity (Wildman–Crippen MR) is 82.4 cm³/mol. The molecule has 2 aliphatic rings. The van der Waals surface area contributed by atoms with E-state index in [1.54, 1.807) is 11.0 Å². The van der Waals surface area contributed by atoms with Crippen LogP contribution in [0.25, 0.3) is 0 Å². The van der Waals surface area contributed by atoms with E-state index in [-0.39, 0.29) is 23.8 Å². The van der Waals surface area contributed by atoms with Crippen molar-refractivity contribution < 1.29 is 19.1 Å². The van der Waals surface area contributed by atoms with E-state index in [4.69, 9.17) is 5.11 Å². The molecule has 1 heterocycles. The number of aliphatic carboxylic acids is 1. The Labute approximate surface area is 134 Å². The van der Waals surface area contributed by atoms with Crippen LogP contribution in [0.2, 0.25) is 0 Å². The second kappa shape index (κ2) is 6.56. The second-order valence-corrected chi connectivity index (χ2v) is 6.42. The Kier molecular flexibility index (Phi) is 4.50. The summed E-state index contributed by atoms with van der Waals surface area (Å²) < 4.78 is 13.2. The molecule has 3 rings (SSSR count). The van der Waals surface area contributed by atoms with Gasteiger partial charge in [-0.2, -0.15) is 0 Å². The third kappa shape index (κ3) is 3.63. The molecule has 0 radical (unpaired) electrons. The highest BCUT2D eigenvalue weighted by Gasteiger charge is 2.28. The maximum atomic E-state index is 13.2. The lowest BCUT2D eigenvalue weighted by molar-refractivity contribution is -0.142. The van der Waals surface area contributed by atoms with Gasteiger partial charge >= 0.3 is 12.0 Å². The van der Waals surface area contributed by atoms with Crippen molar-refractivity contribution in [3.05, 3.63) is 35.1 Å². The van der Waals surface area contributed by atoms with E-state index in [0.29, 0.717) is 45.2 Å². The Morgan fingerprint density at radius 3 is 2.61 bits per heavy atom. The molecule has 0 spiro atoms. The molecule has 5 nitrogen and oxygen atoms in total. The highest BCUT2D eigenvalue weighted by molar-refractivity contribution is 5.75. The molecule has 6 heteroatoms. The van der Waals surface area contributed by atoms with Gasteiger partial charge in [-0.15, -0.1) is 0 Å². The van der Waals surface area contributed by atoms with E-state index in [2.05, 4.69) is 5.32 Å². The zero-order chi connectivity index (χ0) is 16.4. The lowest BCUT2D eigenvalue weighted by atomic mass is 9.86. The van der Waals surface area contributed by atoms with Crippen LogP contribution < -0.4 is 5.32 Å². The molecule has 1 aromatic carbocycles. The molecular formula is C17H21FN2O3. The summed E-state index contributed by atoms with van der Waals surface area (Å²) in [6.07, 6.45) is 3.30. The van der Waals surface area contributed by atoms with E-state index in [9.17, 15) is 14.0 Å². The summed E-state index contributed by atoms with van der Waals surface area (Å²) >= 11 is 0. The minimum atomic E-state index is -0.741. The van der Waals surface area contributed by atoms with Gasteiger partial charge in [0.1, 0.15) is 5.82 Å². The van der Waals surface area contributed by atoms with Gasteiger partial charge in [-0.25, -0.2) is 9.18 Å². The lowest BCUT2D eigenvalue weighted by Gasteiger charge is -2.32. The fourth-order valence-electron chi connectivity index (χ4n) is 3.45. The summed E-state index contributed by atoms with van der Waals surface area (Å²) in [7, 11) is 0. The number of hydrogen-bond acceptors (Lipinski definition) is 2. The summed E-state index contributed by atoms with van der Waals surface area (Å²) in [5.41, 5.74) is 1.96. The van der Waals surface area contributed by atoms with Gasteiger partial charge in [-0.3, -0.25) is 4.79 Å². The highest BCUT2D eigenvalue weighted by atomic mass is 19.1. The van der Waals surface area contributed by atoms with Crippen molar-refractivity contribution in [2.24, 2.45) is 5.92 Å². The van der Waals surface area contributed by atoms with Crippen LogP contribution in [0.15, 0.2) is 18.2 Å². The van der Waals surface area contributed by atoms with E-state index in [0.717, 1.165) is 11.1 Å². The monoisotopic (exact) mass is 320 g/mol. The molecular weight excluding hydrogens is 299 g/mol. The number of carbonyl (C=O) groups excluding carboxylic acids is 1. The van der Waals surface area contributed by atoms with Crippen LogP contribution in [0, 0.1) is 11.7 Å². The smallest absolute Gasteiger partial charge is 0.317 e. The van der Waals surface area contributed by atoms with E-state index in [1.165, 1.54) is 12.1 Å². The first-order valence-electron chi connectivity index (χ1n) is 8.08. The third-order valence-electron chi connectivity index (χ3n) is 4.87. The van der Waals surface area contributed by atoms with Gasteiger partial charge in [0, 0.05) is 19.1 Å². The molecule has 1 aliphatic heterocycles. The zero-order valence-corrected chi connectivity index (χ0v) is 12.9. The summed E-state index contributed by atoms with van der Waals surface area (Å²) in [6, 6.07) is 4.64. The second-order valence-electron chi connectivity index (χ2n) is 6.42. The van der Waals surface area contributed by atoms with Crippen molar-refractivity contribution >= 4 is 12.0 Å². The number of rotatable bonds is 2. The van der Waals surface area contributed by atoms with Crippen LogP contribution in [-0.2, 0) is 17.8 Å². The Morgan fingerprint density at radius 2 is 1.91 bits per heavy atom. The summed E-state index contributed by atoms with van der Waals surface area (Å²) in [5.74, 6) is -1.26. The Morgan fingerprint density at radius 1 is 1.17 bits per heavy atom. The molecule has 1 saturated carbocycles. The number of amides is 2. The van der Waals surface area contributed by atoms with Crippen molar-refractivity contribution in [1.29, 1.82) is 0 Å². The normalized spacial score (nSPS) is 24.0. The number of carboxylic acids is 1. The molecule has 2 N–H and O–H groups in total. The van der Waals surface area contributed by atoms with Crippen LogP contribution in [0.3, 0.4) is 0 Å². The fourth-order valence-corrected chi connectivity index (χ4v) is 3.45. The third-order valence-corrected chi connectivity index (χ3v) is 4.87. The predicted octanol–water partition coefficient (Wildman–Crippen LogP) is 2.54. The van der Waals surface area contributed by atoms with Crippen LogP contribution in [0.1, 0.15) is 36.8 Å². The maximum absolute atomic E-state index is 13.2. The summed E-state index contributed by atoms with van der Waals surface area (Å²) in [5, 5.41) is 12.0. The Balaban J connectivity index is 1.54. The first kappa shape index (κ1) is 15.8. The van der Waals surface area contributed by atoms with Gasteiger partial charge in [0.25, 0.3) is 0 Å². The minimum absolute atomic E-state index is 0.0488. The number of fused-ring (bicyclic) bond motifs is 1. The topological polar surface area (TPSA) is 69.6 Å². The SMILES string of the molecule is O=C(O)C1CCC(NC(=O)N2CCc3cc(F)ccc3C2)CC1. The van der Waals surface area contributed by atoms with E-state index >= 15 is 0 Å². The first-order valence-corrected chi connectivity index (χ1v) is 8.08. The van der Waals surface area contributed by atoms with E-state index < -0.39 is 5.97 Å². The molecule has 1 aliphatic carbocycles. The van der Waals surface area contributed by atoms with Crippen LogP contribution in [0.5, 0.6) is 0 Å². The number of urea groups is 1. The van der Waals surface area contributed by atoms with Gasteiger partial charge < -0.3 is 15.3 Å². The van der Waals surface area contributed by atoms with Gasteiger partial charge in [-0.05, 0) is 55.4 Å². The quantitative estimate of drug-likeness (QED) is 0.880. The van der Waals surface area contributed by atoms with Crippen molar-refractivity contribution in [2.75, 3.05) is 6.54 Å². The van der Waals surface area contributed by atoms with Crippen molar-refractivity contribution in [2.45, 2.75) is 44.7 Å². The van der Waals surface area contributed by atoms with Gasteiger partial charge in [0.15, 0.2) is 0 Å². The zero-order valence-electron chi connectivity index (χ0n) is 12.9. The molecule has 1 aromatic rings. The van der Waals surface area contributed by atoms with Gasteiger partial charge in [0.2, 0.25) is 0 Å². The minimum Gasteiger partial charge on any atom is -0.481 e. The molecule has 0 saturated heterocycles. The van der Waals surface area contributed by atoms with Crippen LogP contribution >= 0.6 is 0 Å². The number of carbonyl (C=O) groups is 2. The molecule has 0 bridgehead atoms. The average Bonchev–Trinajstić information content (AvgIpc) is 2.54. The van der Waals surface area contributed by atoms with Crippen molar-refractivity contribution in [3.8, 4) is 0 Å². The van der Waals surface area contributed by atoms with Gasteiger partial charge in [0.05, 0.1) is 5.92 Å². The summed E-state index contributed by atoms with van der Waals surface area (Å²) in [4.78, 5) is 25.1. The van der Waals surface area contributed by atoms with Crippen LogP contribution in [-0.4, -0.2) is 34.6 Å². The number of nitrogens with one attached hydrogen (secondary N) is 1. The Hall–Kier alpha value is -2.11. The maximum Gasteiger partial charge on any atom is 0.317 e. The number of halogens is 1. The molecule has 0 aromatic heterocycles. The highest BCUT2D eigenvalue weighted by Crippen LogP contribution is 2.25. The molecule has 2 amide bonds. The standard InChI is InChI=1S/C17H21FN2O3/c18-14-4-1-13-10-20(8-7-12(13)9-14)17(23)19-15-5-2-11(3-6-15)16(21)22/h1,4,9,11,15H,2-3,5-8,10H2,(H,19,23)(H,21,22). The molecule has 0 atom stereocenters. The van der Waals surface area contributed by atoms with Crippen molar-refractivity contribution in [3.63, 3.8) is 0 Å². The number of carboxylic acid groups (broad SMARTS) is 1. The summed E-state index contributed by atoms with van der Waals surface area (Å²) in [6.45, 7) is 1.07. The molecule has 0 unspecified atom stereocenters. The first-order chi connectivity index (χ1) is 11.0.